The number of ether oxygens (including phenoxy) is 2. The summed E-state index contributed by atoms with van der Waals surface area (Å²) in [5, 5.41) is 6.63. The summed E-state index contributed by atoms with van der Waals surface area (Å²) in [5.74, 6) is 0.359. The predicted molar refractivity (Wildman–Crippen MR) is 117 cm³/mol. The fraction of sp³-hybridized carbons (Fsp3) is 0.364. The molecular formula is C22H24Cl2N2O4. The van der Waals surface area contributed by atoms with Crippen molar-refractivity contribution < 1.29 is 19.1 Å². The molecule has 6 nitrogen and oxygen atoms in total. The molecule has 0 aromatic heterocycles. The summed E-state index contributed by atoms with van der Waals surface area (Å²) in [5.41, 5.74) is 1.59. The molecule has 3 rings (SSSR count). The fourth-order valence-electron chi connectivity index (χ4n) is 3.05. The Hall–Kier alpha value is -2.44. The average molecular weight is 451 g/mol. The minimum Gasteiger partial charge on any atom is -0.479 e. The molecule has 1 aliphatic rings. The summed E-state index contributed by atoms with van der Waals surface area (Å²) in [6.07, 6.45) is -0.658. The van der Waals surface area contributed by atoms with Gasteiger partial charge in [-0.15, -0.1) is 0 Å². The number of anilines is 1. The van der Waals surface area contributed by atoms with E-state index >= 15 is 0 Å². The van der Waals surface area contributed by atoms with Crippen LogP contribution in [0.2, 0.25) is 10.0 Å². The van der Waals surface area contributed by atoms with E-state index in [4.69, 9.17) is 32.7 Å². The van der Waals surface area contributed by atoms with E-state index in [2.05, 4.69) is 10.6 Å². The highest BCUT2D eigenvalue weighted by Crippen LogP contribution is 2.33. The smallest absolute Gasteiger partial charge is 0.408 e. The van der Waals surface area contributed by atoms with Crippen molar-refractivity contribution >= 4 is 40.9 Å². The summed E-state index contributed by atoms with van der Waals surface area (Å²) < 4.78 is 11.0. The molecule has 2 unspecified atom stereocenters. The Balaban J connectivity index is 1.90. The standard InChI is InChI=1S/C22H24Cl2N2O4/c1-12-20(27)25-18-11-14(6-8-19(18)29-12)17(26-21(28)30-22(2,3)4)10-13-5-7-15(23)16(24)9-13/h5-9,11-12,17H,10H2,1-4H3,(H,25,27)(H,26,28). The number of hydrogen-bond donors (Lipinski definition) is 2. The molecule has 1 heterocycles. The maximum Gasteiger partial charge on any atom is 0.408 e. The molecule has 8 heteroatoms. The molecule has 2 aromatic rings. The lowest BCUT2D eigenvalue weighted by atomic mass is 9.98. The quantitative estimate of drug-likeness (QED) is 0.642. The maximum atomic E-state index is 12.5. The summed E-state index contributed by atoms with van der Waals surface area (Å²) in [6.45, 7) is 7.08. The van der Waals surface area contributed by atoms with E-state index in [0.29, 0.717) is 27.9 Å². The van der Waals surface area contributed by atoms with Crippen molar-refractivity contribution in [2.45, 2.75) is 51.9 Å². The van der Waals surface area contributed by atoms with E-state index in [1.165, 1.54) is 0 Å². The highest BCUT2D eigenvalue weighted by molar-refractivity contribution is 6.42. The molecule has 0 bridgehead atoms. The molecular weight excluding hydrogens is 427 g/mol. The third-order valence-corrected chi connectivity index (χ3v) is 5.19. The summed E-state index contributed by atoms with van der Waals surface area (Å²) in [7, 11) is 0. The van der Waals surface area contributed by atoms with Crippen LogP contribution in [-0.4, -0.2) is 23.7 Å². The van der Waals surface area contributed by atoms with Crippen LogP contribution in [0.1, 0.15) is 44.9 Å². The topological polar surface area (TPSA) is 76.7 Å². The van der Waals surface area contributed by atoms with Crippen molar-refractivity contribution in [3.63, 3.8) is 0 Å². The fourth-order valence-corrected chi connectivity index (χ4v) is 3.37. The highest BCUT2D eigenvalue weighted by Gasteiger charge is 2.26. The van der Waals surface area contributed by atoms with E-state index in [-0.39, 0.29) is 5.91 Å². The normalized spacial score (nSPS) is 16.7. The zero-order chi connectivity index (χ0) is 22.1. The lowest BCUT2D eigenvalue weighted by Gasteiger charge is -2.27. The van der Waals surface area contributed by atoms with Crippen LogP contribution in [-0.2, 0) is 16.0 Å². The number of halogens is 2. The molecule has 2 aromatic carbocycles. The third-order valence-electron chi connectivity index (χ3n) is 4.45. The largest absolute Gasteiger partial charge is 0.479 e. The van der Waals surface area contributed by atoms with Crippen molar-refractivity contribution in [2.24, 2.45) is 0 Å². The lowest BCUT2D eigenvalue weighted by Crippen LogP contribution is -2.36. The zero-order valence-electron chi connectivity index (χ0n) is 17.2. The van der Waals surface area contributed by atoms with Crippen molar-refractivity contribution in [3.8, 4) is 5.75 Å². The monoisotopic (exact) mass is 450 g/mol. The van der Waals surface area contributed by atoms with Crippen molar-refractivity contribution in [1.82, 2.24) is 5.32 Å². The minimum absolute atomic E-state index is 0.221. The van der Waals surface area contributed by atoms with E-state index < -0.39 is 23.8 Å². The van der Waals surface area contributed by atoms with Crippen molar-refractivity contribution in [3.05, 3.63) is 57.6 Å². The average Bonchev–Trinajstić information content (AvgIpc) is 2.63. The van der Waals surface area contributed by atoms with Gasteiger partial charge in [-0.3, -0.25) is 4.79 Å². The van der Waals surface area contributed by atoms with Gasteiger partial charge in [0.05, 0.1) is 21.8 Å². The van der Waals surface area contributed by atoms with Crippen molar-refractivity contribution in [2.75, 3.05) is 5.32 Å². The molecule has 2 amide bonds. The van der Waals surface area contributed by atoms with Gasteiger partial charge >= 0.3 is 6.09 Å². The van der Waals surface area contributed by atoms with Crippen LogP contribution in [0.15, 0.2) is 36.4 Å². The number of carbonyl (C=O) groups excluding carboxylic acids is 2. The van der Waals surface area contributed by atoms with E-state index in [0.717, 1.165) is 11.1 Å². The van der Waals surface area contributed by atoms with Gasteiger partial charge in [-0.2, -0.15) is 0 Å². The van der Waals surface area contributed by atoms with Gasteiger partial charge in [0, 0.05) is 0 Å². The number of amides is 2. The van der Waals surface area contributed by atoms with Gasteiger partial charge in [0.2, 0.25) is 0 Å². The number of nitrogens with one attached hydrogen (secondary N) is 2. The zero-order valence-corrected chi connectivity index (χ0v) is 18.7. The van der Waals surface area contributed by atoms with Gasteiger partial charge in [-0.05, 0) is 69.5 Å². The second kappa shape index (κ2) is 8.74. The number of alkyl carbamates (subject to hydrolysis) is 1. The second-order valence-corrected chi connectivity index (χ2v) is 8.97. The number of rotatable bonds is 4. The Morgan fingerprint density at radius 1 is 1.20 bits per heavy atom. The first-order chi connectivity index (χ1) is 14.0. The Morgan fingerprint density at radius 3 is 2.60 bits per heavy atom. The van der Waals surface area contributed by atoms with E-state index in [9.17, 15) is 9.59 Å². The maximum absolute atomic E-state index is 12.5. The van der Waals surface area contributed by atoms with Crippen LogP contribution in [0.3, 0.4) is 0 Å². The molecule has 0 radical (unpaired) electrons. The molecule has 0 spiro atoms. The Kier molecular flexibility index (Phi) is 6.48. The van der Waals surface area contributed by atoms with Gasteiger partial charge < -0.3 is 20.1 Å². The Bertz CT molecular complexity index is 972. The SMILES string of the molecule is CC1Oc2ccc(C(Cc3ccc(Cl)c(Cl)c3)NC(=O)OC(C)(C)C)cc2NC1=O. The van der Waals surface area contributed by atoms with E-state index in [1.54, 1.807) is 52.0 Å². The van der Waals surface area contributed by atoms with Gasteiger partial charge in [0.25, 0.3) is 5.91 Å². The lowest BCUT2D eigenvalue weighted by molar-refractivity contribution is -0.122. The Labute approximate surface area is 185 Å². The third kappa shape index (κ3) is 5.58. The number of benzene rings is 2. The molecule has 0 fully saturated rings. The molecule has 0 saturated carbocycles. The second-order valence-electron chi connectivity index (χ2n) is 8.16. The molecule has 1 aliphatic heterocycles. The highest BCUT2D eigenvalue weighted by atomic mass is 35.5. The molecule has 0 aliphatic carbocycles. The molecule has 2 atom stereocenters. The van der Waals surface area contributed by atoms with Crippen LogP contribution >= 0.6 is 23.2 Å². The first-order valence-electron chi connectivity index (χ1n) is 9.57. The van der Waals surface area contributed by atoms with Crippen LogP contribution in [0.5, 0.6) is 5.75 Å². The van der Waals surface area contributed by atoms with Gasteiger partial charge in [-0.25, -0.2) is 4.79 Å². The van der Waals surface area contributed by atoms with Crippen LogP contribution in [0.4, 0.5) is 10.5 Å². The minimum atomic E-state index is -0.633. The molecule has 0 saturated heterocycles. The number of carbonyl (C=O) groups is 2. The Morgan fingerprint density at radius 2 is 1.93 bits per heavy atom. The molecule has 30 heavy (non-hydrogen) atoms. The van der Waals surface area contributed by atoms with Gasteiger partial charge in [-0.1, -0.05) is 35.3 Å². The molecule has 2 N–H and O–H groups in total. The summed E-state index contributed by atoms with van der Waals surface area (Å²) >= 11 is 12.2. The first-order valence-corrected chi connectivity index (χ1v) is 10.3. The summed E-state index contributed by atoms with van der Waals surface area (Å²) in [6, 6.07) is 10.3. The first kappa shape index (κ1) is 22.2. The van der Waals surface area contributed by atoms with Crippen LogP contribution < -0.4 is 15.4 Å². The van der Waals surface area contributed by atoms with Crippen LogP contribution in [0.25, 0.3) is 0 Å². The van der Waals surface area contributed by atoms with Gasteiger partial charge in [0.1, 0.15) is 11.4 Å². The summed E-state index contributed by atoms with van der Waals surface area (Å²) in [4.78, 5) is 24.4. The van der Waals surface area contributed by atoms with Crippen LogP contribution in [0, 0.1) is 0 Å². The van der Waals surface area contributed by atoms with Crippen molar-refractivity contribution in [1.29, 1.82) is 0 Å². The number of hydrogen-bond acceptors (Lipinski definition) is 4. The van der Waals surface area contributed by atoms with E-state index in [1.807, 2.05) is 12.1 Å². The molecule has 160 valence electrons. The predicted octanol–water partition coefficient (Wildman–Crippen LogP) is 5.52. The number of fused-ring (bicyclic) bond motifs is 1. The van der Waals surface area contributed by atoms with Gasteiger partial charge in [0.15, 0.2) is 6.10 Å².